The van der Waals surface area contributed by atoms with E-state index >= 15 is 0 Å². The lowest BCUT2D eigenvalue weighted by atomic mass is 9.98. The number of thioether (sulfide) groups is 1. The molecule has 42 heavy (non-hydrogen) atoms. The molecule has 1 aliphatic carbocycles. The maximum Gasteiger partial charge on any atom is 0.516 e. The Morgan fingerprint density at radius 1 is 0.976 bits per heavy atom. The van der Waals surface area contributed by atoms with E-state index in [4.69, 9.17) is 15.2 Å². The topological polar surface area (TPSA) is 149 Å². The normalized spacial score (nSPS) is 21.0. The lowest BCUT2D eigenvalue weighted by molar-refractivity contribution is -0.141. The van der Waals surface area contributed by atoms with Crippen LogP contribution in [0.1, 0.15) is 62.0 Å². The van der Waals surface area contributed by atoms with Crippen molar-refractivity contribution in [3.8, 4) is 11.1 Å². The Kier molecular flexibility index (Phi) is 10.0. The van der Waals surface area contributed by atoms with E-state index in [9.17, 15) is 19.2 Å². The number of esters is 1. The molecule has 0 bridgehead atoms. The van der Waals surface area contributed by atoms with Crippen LogP contribution in [-0.4, -0.2) is 66.3 Å². The van der Waals surface area contributed by atoms with Crippen molar-refractivity contribution in [3.63, 3.8) is 0 Å². The van der Waals surface area contributed by atoms with Crippen molar-refractivity contribution in [1.82, 2.24) is 16.0 Å². The fourth-order valence-electron chi connectivity index (χ4n) is 5.98. The summed E-state index contributed by atoms with van der Waals surface area (Å²) in [5.41, 5.74) is 10.3. The minimum absolute atomic E-state index is 0.00162. The quantitative estimate of drug-likeness (QED) is 0.118. The Bertz CT molecular complexity index is 1260. The second-order valence-electron chi connectivity index (χ2n) is 11.0. The highest BCUT2D eigenvalue weighted by atomic mass is 32.2. The molecule has 5 N–H and O–H groups in total. The first-order valence-corrected chi connectivity index (χ1v) is 15.7. The summed E-state index contributed by atoms with van der Waals surface area (Å²) in [7, 11) is 0. The molecule has 3 aliphatic rings. The summed E-state index contributed by atoms with van der Waals surface area (Å²) in [6.45, 7) is 0.554. The van der Waals surface area contributed by atoms with Crippen molar-refractivity contribution >= 4 is 35.8 Å². The number of ether oxygens (including phenoxy) is 2. The van der Waals surface area contributed by atoms with Crippen LogP contribution in [0.5, 0.6) is 0 Å². The molecule has 11 heteroatoms. The van der Waals surface area contributed by atoms with Gasteiger partial charge in [-0.3, -0.25) is 4.79 Å². The van der Waals surface area contributed by atoms with Gasteiger partial charge >= 0.3 is 18.2 Å². The molecule has 5 rings (SSSR count). The Balaban J connectivity index is 0.915. The number of hydrogen-bond donors (Lipinski definition) is 4. The second-order valence-corrected chi connectivity index (χ2v) is 12.3. The van der Waals surface area contributed by atoms with E-state index in [1.54, 1.807) is 0 Å². The molecule has 2 aromatic rings. The van der Waals surface area contributed by atoms with Crippen LogP contribution in [0.15, 0.2) is 48.5 Å². The van der Waals surface area contributed by atoms with Crippen LogP contribution in [0.3, 0.4) is 0 Å². The number of carbonyl (C=O) groups is 4. The number of urea groups is 1. The molecule has 2 fully saturated rings. The fourth-order valence-corrected chi connectivity index (χ4v) is 7.52. The fraction of sp³-hybridized carbons (Fsp3) is 0.484. The monoisotopic (exact) mass is 594 g/mol. The summed E-state index contributed by atoms with van der Waals surface area (Å²) < 4.78 is 10.2. The van der Waals surface area contributed by atoms with Gasteiger partial charge in [-0.2, -0.15) is 11.8 Å². The van der Waals surface area contributed by atoms with E-state index in [0.29, 0.717) is 37.5 Å². The molecule has 10 nitrogen and oxygen atoms in total. The summed E-state index contributed by atoms with van der Waals surface area (Å²) in [5, 5.41) is 9.24. The summed E-state index contributed by atoms with van der Waals surface area (Å²) in [5.74, 6) is -0.0138. The van der Waals surface area contributed by atoms with E-state index in [1.807, 2.05) is 60.3 Å². The van der Waals surface area contributed by atoms with Crippen LogP contribution < -0.4 is 21.7 Å². The van der Waals surface area contributed by atoms with Crippen molar-refractivity contribution < 1.29 is 28.7 Å². The van der Waals surface area contributed by atoms with Crippen molar-refractivity contribution in [2.75, 3.05) is 18.9 Å². The van der Waals surface area contributed by atoms with Gasteiger partial charge in [0.15, 0.2) is 0 Å². The Morgan fingerprint density at radius 2 is 1.69 bits per heavy atom. The predicted molar refractivity (Wildman–Crippen MR) is 160 cm³/mol. The smallest absolute Gasteiger partial charge is 0.433 e. The number of benzene rings is 2. The molecule has 2 aliphatic heterocycles. The summed E-state index contributed by atoms with van der Waals surface area (Å²) in [6.07, 6.45) is 3.71. The van der Waals surface area contributed by atoms with Gasteiger partial charge in [0.25, 0.3) is 0 Å². The summed E-state index contributed by atoms with van der Waals surface area (Å²) in [6, 6.07) is 15.4. The van der Waals surface area contributed by atoms with Gasteiger partial charge in [0.1, 0.15) is 12.6 Å². The number of nitrogens with two attached hydrogens (primary N) is 1. The van der Waals surface area contributed by atoms with Crippen molar-refractivity contribution in [3.05, 3.63) is 59.7 Å². The lowest BCUT2D eigenvalue weighted by Crippen LogP contribution is -2.36. The first-order valence-electron chi connectivity index (χ1n) is 14.7. The number of rotatable bonds is 13. The maximum atomic E-state index is 12.3. The first-order chi connectivity index (χ1) is 20.4. The molecular weight excluding hydrogens is 556 g/mol. The Morgan fingerprint density at radius 3 is 2.43 bits per heavy atom. The van der Waals surface area contributed by atoms with Gasteiger partial charge in [-0.15, -0.1) is 0 Å². The van der Waals surface area contributed by atoms with E-state index < -0.39 is 18.2 Å². The number of fused-ring (bicyclic) bond motifs is 4. The van der Waals surface area contributed by atoms with Crippen molar-refractivity contribution in [2.45, 2.75) is 74.2 Å². The Hall–Kier alpha value is -3.57. The largest absolute Gasteiger partial charge is 0.516 e. The zero-order valence-corrected chi connectivity index (χ0v) is 24.3. The van der Waals surface area contributed by atoms with Crippen LogP contribution in [0.25, 0.3) is 11.1 Å². The van der Waals surface area contributed by atoms with Crippen molar-refractivity contribution in [2.24, 2.45) is 5.73 Å². The van der Waals surface area contributed by atoms with Gasteiger partial charge in [0, 0.05) is 29.9 Å². The van der Waals surface area contributed by atoms with Gasteiger partial charge in [-0.05, 0) is 54.4 Å². The van der Waals surface area contributed by atoms with Gasteiger partial charge in [-0.1, -0.05) is 55.0 Å². The molecule has 4 atom stereocenters. The van der Waals surface area contributed by atoms with Gasteiger partial charge in [0.05, 0.1) is 12.1 Å². The van der Waals surface area contributed by atoms with E-state index in [1.165, 1.54) is 0 Å². The summed E-state index contributed by atoms with van der Waals surface area (Å²) >= 11 is 1.88. The molecule has 2 heterocycles. The predicted octanol–water partition coefficient (Wildman–Crippen LogP) is 3.82. The van der Waals surface area contributed by atoms with Crippen LogP contribution >= 0.6 is 11.8 Å². The number of carbonyl (C=O) groups excluding carboxylic acids is 4. The molecule has 3 amide bonds. The minimum atomic E-state index is -1.06. The third kappa shape index (κ3) is 7.25. The van der Waals surface area contributed by atoms with Crippen LogP contribution in [0.2, 0.25) is 0 Å². The molecule has 0 radical (unpaired) electrons. The van der Waals surface area contributed by atoms with E-state index in [2.05, 4.69) is 16.0 Å². The third-order valence-electron chi connectivity index (χ3n) is 8.16. The maximum absolute atomic E-state index is 12.3. The number of hydrogen-bond acceptors (Lipinski definition) is 8. The van der Waals surface area contributed by atoms with Gasteiger partial charge in [-0.25, -0.2) is 14.4 Å². The second kappa shape index (κ2) is 14.1. The van der Waals surface area contributed by atoms with Crippen LogP contribution in [-0.2, 0) is 19.1 Å². The zero-order valence-electron chi connectivity index (χ0n) is 23.5. The molecule has 2 aromatic carbocycles. The van der Waals surface area contributed by atoms with Crippen LogP contribution in [0.4, 0.5) is 9.59 Å². The Labute approximate surface area is 249 Å². The van der Waals surface area contributed by atoms with Gasteiger partial charge < -0.3 is 31.2 Å². The number of unbranched alkanes of at least 4 members (excludes halogenated alkanes) is 2. The zero-order chi connectivity index (χ0) is 29.5. The molecule has 2 saturated heterocycles. The highest BCUT2D eigenvalue weighted by Crippen LogP contribution is 2.44. The highest BCUT2D eigenvalue weighted by Gasteiger charge is 2.42. The molecular formula is C31H38N4O6S. The third-order valence-corrected chi connectivity index (χ3v) is 9.67. The molecule has 224 valence electrons. The van der Waals surface area contributed by atoms with Crippen LogP contribution in [0, 0.1) is 0 Å². The standard InChI is InChI=1S/C31H38N4O6S/c32-24(13-7-8-16-33-27(36)15-6-5-14-26-28-25(18-42-26)34-30(38)35-28)29(37)41-31(39)40-17-23-21-11-3-1-9-19(21)20-10-2-4-12-22(20)23/h1-4,9-12,23-26,28H,5-8,13-18,32H2,(H,33,36)(H2,34,35,38)/t24-,25-,26-,28-/m0/s1. The molecule has 0 aromatic heterocycles. The average molecular weight is 595 g/mol. The van der Waals surface area contributed by atoms with Gasteiger partial charge in [0.2, 0.25) is 5.91 Å². The average Bonchev–Trinajstić information content (AvgIpc) is 3.64. The highest BCUT2D eigenvalue weighted by molar-refractivity contribution is 8.00. The van der Waals surface area contributed by atoms with Crippen molar-refractivity contribution in [1.29, 1.82) is 0 Å². The number of amides is 3. The summed E-state index contributed by atoms with van der Waals surface area (Å²) in [4.78, 5) is 48.2. The molecule has 0 saturated carbocycles. The number of nitrogens with one attached hydrogen (secondary N) is 3. The lowest BCUT2D eigenvalue weighted by Gasteiger charge is -2.16. The minimum Gasteiger partial charge on any atom is -0.433 e. The SMILES string of the molecule is N[C@@H](CCCCNC(=O)CCCC[C@@H]1SC[C@@H]2NC(=O)N[C@@H]21)C(=O)OC(=O)OCC1c2ccccc2-c2ccccc21. The molecule has 0 spiro atoms. The van der Waals surface area contributed by atoms with E-state index in [0.717, 1.165) is 47.3 Å². The first kappa shape index (κ1) is 29.9. The van der Waals surface area contributed by atoms with E-state index in [-0.39, 0.29) is 36.5 Å². The molecule has 0 unspecified atom stereocenters.